The molecule has 1 fully saturated rings. The highest BCUT2D eigenvalue weighted by molar-refractivity contribution is 5.62. The van der Waals surface area contributed by atoms with Crippen LogP contribution in [-0.4, -0.2) is 16.4 Å². The van der Waals surface area contributed by atoms with Crippen LogP contribution in [0, 0.1) is 13.8 Å². The van der Waals surface area contributed by atoms with Gasteiger partial charge in [-0.3, -0.25) is 0 Å². The lowest BCUT2D eigenvalue weighted by Crippen LogP contribution is -2.30. The molecule has 0 bridgehead atoms. The van der Waals surface area contributed by atoms with E-state index in [1.807, 2.05) is 32.0 Å². The number of benzene rings is 2. The fraction of sp³-hybridized carbons (Fsp3) is 0.381. The summed E-state index contributed by atoms with van der Waals surface area (Å²) in [7, 11) is 0. The van der Waals surface area contributed by atoms with Crippen LogP contribution in [0.25, 0.3) is 0 Å². The molecule has 0 saturated heterocycles. The molecule has 132 valence electrons. The third kappa shape index (κ3) is 3.34. The minimum atomic E-state index is -1.29. The second-order valence-electron chi connectivity index (χ2n) is 6.99. The summed E-state index contributed by atoms with van der Waals surface area (Å²) in [6, 6.07) is 11.7. The van der Waals surface area contributed by atoms with E-state index in [9.17, 15) is 9.90 Å². The number of rotatable bonds is 3. The van der Waals surface area contributed by atoms with Crippen molar-refractivity contribution in [2.45, 2.75) is 51.4 Å². The van der Waals surface area contributed by atoms with Gasteiger partial charge in [0.2, 0.25) is 0 Å². The van der Waals surface area contributed by atoms with Crippen molar-refractivity contribution < 1.29 is 19.7 Å². The maximum atomic E-state index is 10.8. The molecule has 4 heteroatoms. The predicted octanol–water partition coefficient (Wildman–Crippen LogP) is 5.32. The van der Waals surface area contributed by atoms with Crippen LogP contribution in [0.5, 0.6) is 11.5 Å². The van der Waals surface area contributed by atoms with Gasteiger partial charge in [0.05, 0.1) is 0 Å². The number of aryl methyl sites for hydroxylation is 2. The van der Waals surface area contributed by atoms with Gasteiger partial charge in [-0.1, -0.05) is 43.5 Å². The Bertz CT molecular complexity index is 788. The molecule has 2 aromatic rings. The lowest BCUT2D eigenvalue weighted by atomic mass is 9.65. The Balaban J connectivity index is 2.08. The van der Waals surface area contributed by atoms with Crippen LogP contribution in [0.15, 0.2) is 36.4 Å². The third-order valence-corrected chi connectivity index (χ3v) is 5.38. The minimum Gasteiger partial charge on any atom is -0.508 e. The quantitative estimate of drug-likeness (QED) is 0.586. The smallest absolute Gasteiger partial charge is 0.508 e. The van der Waals surface area contributed by atoms with Crippen LogP contribution in [0.3, 0.4) is 0 Å². The molecule has 0 spiro atoms. The van der Waals surface area contributed by atoms with E-state index in [-0.39, 0.29) is 5.41 Å². The third-order valence-electron chi connectivity index (χ3n) is 5.38. The Kier molecular flexibility index (Phi) is 4.71. The molecular weight excluding hydrogens is 316 g/mol. The van der Waals surface area contributed by atoms with Crippen molar-refractivity contribution in [3.8, 4) is 11.5 Å². The summed E-state index contributed by atoms with van der Waals surface area (Å²) in [5.74, 6) is 0.695. The monoisotopic (exact) mass is 340 g/mol. The summed E-state index contributed by atoms with van der Waals surface area (Å²) in [4.78, 5) is 10.8. The molecule has 0 radical (unpaired) electrons. The van der Waals surface area contributed by atoms with E-state index in [1.54, 1.807) is 12.1 Å². The number of phenols is 1. The molecule has 3 rings (SSSR count). The standard InChI is InChI=1S/C21H24O4/c1-14-12-16(6-8-18(14)22)21(10-4-3-5-11-21)17-7-9-19(15(2)13-17)25-20(23)24/h6-9,12-13,22H,3-5,10-11H2,1-2H3,(H,23,24). The maximum absolute atomic E-state index is 10.8. The molecule has 0 atom stereocenters. The first-order valence-electron chi connectivity index (χ1n) is 8.74. The second kappa shape index (κ2) is 6.79. The number of hydrogen-bond acceptors (Lipinski definition) is 3. The Morgan fingerprint density at radius 2 is 1.56 bits per heavy atom. The van der Waals surface area contributed by atoms with Crippen molar-refractivity contribution in [2.75, 3.05) is 0 Å². The van der Waals surface area contributed by atoms with Crippen molar-refractivity contribution in [1.29, 1.82) is 0 Å². The number of carbonyl (C=O) groups is 1. The van der Waals surface area contributed by atoms with E-state index in [1.165, 1.54) is 17.5 Å². The van der Waals surface area contributed by atoms with Crippen LogP contribution in [0.2, 0.25) is 0 Å². The number of phenolic OH excluding ortho intramolecular Hbond substituents is 1. The number of hydrogen-bond donors (Lipinski definition) is 2. The summed E-state index contributed by atoms with van der Waals surface area (Å²) >= 11 is 0. The molecular formula is C21H24O4. The number of carboxylic acid groups (broad SMARTS) is 1. The van der Waals surface area contributed by atoms with Gasteiger partial charge in [0, 0.05) is 5.41 Å². The van der Waals surface area contributed by atoms with Crippen LogP contribution >= 0.6 is 0 Å². The molecule has 0 unspecified atom stereocenters. The molecule has 2 N–H and O–H groups in total. The van der Waals surface area contributed by atoms with E-state index < -0.39 is 6.16 Å². The first kappa shape index (κ1) is 17.3. The van der Waals surface area contributed by atoms with Gasteiger partial charge in [-0.15, -0.1) is 0 Å². The van der Waals surface area contributed by atoms with Gasteiger partial charge in [0.15, 0.2) is 0 Å². The highest BCUT2D eigenvalue weighted by Crippen LogP contribution is 2.46. The van der Waals surface area contributed by atoms with Crippen molar-refractivity contribution in [2.24, 2.45) is 0 Å². The Hall–Kier alpha value is -2.49. The van der Waals surface area contributed by atoms with Crippen LogP contribution in [-0.2, 0) is 5.41 Å². The molecule has 0 amide bonds. The van der Waals surface area contributed by atoms with Gasteiger partial charge >= 0.3 is 6.16 Å². The van der Waals surface area contributed by atoms with Crippen molar-refractivity contribution in [3.05, 3.63) is 58.7 Å². The van der Waals surface area contributed by atoms with E-state index in [0.29, 0.717) is 11.5 Å². The molecule has 25 heavy (non-hydrogen) atoms. The fourth-order valence-electron chi connectivity index (χ4n) is 4.01. The average molecular weight is 340 g/mol. The van der Waals surface area contributed by atoms with Gasteiger partial charge < -0.3 is 14.9 Å². The Morgan fingerprint density at radius 1 is 0.960 bits per heavy atom. The van der Waals surface area contributed by atoms with Crippen LogP contribution in [0.1, 0.15) is 54.4 Å². The van der Waals surface area contributed by atoms with Crippen molar-refractivity contribution >= 4 is 6.16 Å². The molecule has 1 aliphatic rings. The topological polar surface area (TPSA) is 66.8 Å². The molecule has 1 aliphatic carbocycles. The molecule has 2 aromatic carbocycles. The zero-order chi connectivity index (χ0) is 18.0. The van der Waals surface area contributed by atoms with Crippen LogP contribution in [0.4, 0.5) is 4.79 Å². The van der Waals surface area contributed by atoms with Gasteiger partial charge in [0.25, 0.3) is 0 Å². The summed E-state index contributed by atoms with van der Waals surface area (Å²) in [6.07, 6.45) is 4.36. The highest BCUT2D eigenvalue weighted by Gasteiger charge is 2.36. The molecule has 1 saturated carbocycles. The number of aromatic hydroxyl groups is 1. The second-order valence-corrected chi connectivity index (χ2v) is 6.99. The lowest BCUT2D eigenvalue weighted by Gasteiger charge is -2.39. The summed E-state index contributed by atoms with van der Waals surface area (Å²) in [5.41, 5.74) is 4.01. The summed E-state index contributed by atoms with van der Waals surface area (Å²) in [5, 5.41) is 18.7. The normalized spacial score (nSPS) is 16.4. The average Bonchev–Trinajstić information content (AvgIpc) is 2.59. The first-order chi connectivity index (χ1) is 11.9. The molecule has 4 nitrogen and oxygen atoms in total. The highest BCUT2D eigenvalue weighted by atomic mass is 16.7. The fourth-order valence-corrected chi connectivity index (χ4v) is 4.01. The SMILES string of the molecule is Cc1cc(C2(c3ccc(OC(=O)O)c(C)c3)CCCCC2)ccc1O. The molecule has 0 heterocycles. The largest absolute Gasteiger partial charge is 0.511 e. The predicted molar refractivity (Wildman–Crippen MR) is 96.5 cm³/mol. The molecule has 0 aliphatic heterocycles. The maximum Gasteiger partial charge on any atom is 0.511 e. The van der Waals surface area contributed by atoms with E-state index >= 15 is 0 Å². The van der Waals surface area contributed by atoms with E-state index in [2.05, 4.69) is 6.07 Å². The van der Waals surface area contributed by atoms with Crippen molar-refractivity contribution in [1.82, 2.24) is 0 Å². The Morgan fingerprint density at radius 3 is 2.12 bits per heavy atom. The zero-order valence-electron chi connectivity index (χ0n) is 14.7. The van der Waals surface area contributed by atoms with Crippen molar-refractivity contribution in [3.63, 3.8) is 0 Å². The summed E-state index contributed by atoms with van der Waals surface area (Å²) < 4.78 is 4.84. The number of ether oxygens (including phenoxy) is 1. The van der Waals surface area contributed by atoms with E-state index in [4.69, 9.17) is 9.84 Å². The minimum absolute atomic E-state index is 0.0940. The van der Waals surface area contributed by atoms with Gasteiger partial charge in [-0.2, -0.15) is 0 Å². The van der Waals surface area contributed by atoms with Gasteiger partial charge in [0.1, 0.15) is 11.5 Å². The lowest BCUT2D eigenvalue weighted by molar-refractivity contribution is 0.144. The molecule has 0 aromatic heterocycles. The summed E-state index contributed by atoms with van der Waals surface area (Å²) in [6.45, 7) is 3.80. The van der Waals surface area contributed by atoms with Gasteiger partial charge in [-0.05, 0) is 61.1 Å². The van der Waals surface area contributed by atoms with Gasteiger partial charge in [-0.25, -0.2) is 4.79 Å². The van der Waals surface area contributed by atoms with Crippen LogP contribution < -0.4 is 4.74 Å². The van der Waals surface area contributed by atoms with E-state index in [0.717, 1.165) is 36.8 Å². The zero-order valence-corrected chi connectivity index (χ0v) is 14.7. The first-order valence-corrected chi connectivity index (χ1v) is 8.74. The Labute approximate surface area is 148 Å².